The van der Waals surface area contributed by atoms with E-state index in [9.17, 15) is 9.90 Å². The Morgan fingerprint density at radius 1 is 1.47 bits per heavy atom. The van der Waals surface area contributed by atoms with E-state index in [1.807, 2.05) is 0 Å². The number of nitrogens with two attached hydrogens (primary N) is 1. The average Bonchev–Trinajstić information content (AvgIpc) is 2.35. The summed E-state index contributed by atoms with van der Waals surface area (Å²) in [6, 6.07) is 0.768. The molecule has 0 aromatic heterocycles. The number of carboxylic acids is 1. The molecule has 0 aliphatic heterocycles. The summed E-state index contributed by atoms with van der Waals surface area (Å²) in [6.07, 6.45) is 0.123. The van der Waals surface area contributed by atoms with Gasteiger partial charge in [-0.2, -0.15) is 0 Å². The van der Waals surface area contributed by atoms with Crippen LogP contribution in [0.5, 0.6) is 17.2 Å². The molecule has 0 saturated carbocycles. The molecule has 0 saturated heterocycles. The van der Waals surface area contributed by atoms with Crippen molar-refractivity contribution in [2.24, 2.45) is 5.73 Å². The second-order valence-corrected chi connectivity index (χ2v) is 4.69. The number of phenols is 1. The van der Waals surface area contributed by atoms with E-state index in [2.05, 4.69) is 15.9 Å². The number of ether oxygens (including phenoxy) is 2. The van der Waals surface area contributed by atoms with Crippen LogP contribution in [0.4, 0.5) is 0 Å². The number of carboxylic acid groups (broad SMARTS) is 1. The molecule has 0 fully saturated rings. The molecule has 0 radical (unpaired) electrons. The lowest BCUT2D eigenvalue weighted by molar-refractivity contribution is -0.137. The highest BCUT2D eigenvalue weighted by molar-refractivity contribution is 9.10. The molecule has 7 heteroatoms. The molecule has 1 atom stereocenters. The van der Waals surface area contributed by atoms with Gasteiger partial charge in [0.05, 0.1) is 18.7 Å². The van der Waals surface area contributed by atoms with Crippen LogP contribution in [0, 0.1) is 0 Å². The third-order valence-electron chi connectivity index (χ3n) is 2.67. The van der Waals surface area contributed by atoms with E-state index >= 15 is 0 Å². The number of benzene rings is 1. The molecule has 1 aromatic carbocycles. The number of methoxy groups -OCH3 is 2. The van der Waals surface area contributed by atoms with Crippen molar-refractivity contribution in [3.05, 3.63) is 16.1 Å². The molecule has 1 aromatic rings. The summed E-state index contributed by atoms with van der Waals surface area (Å²) in [5.74, 6) is -0.240. The Morgan fingerprint density at radius 2 is 2.11 bits per heavy atom. The second kappa shape index (κ2) is 6.63. The first-order valence-corrected chi connectivity index (χ1v) is 6.32. The predicted octanol–water partition coefficient (Wildman–Crippen LogP) is 2.04. The molecule has 1 unspecified atom stereocenters. The van der Waals surface area contributed by atoms with Crippen molar-refractivity contribution in [2.75, 3.05) is 14.2 Å². The summed E-state index contributed by atoms with van der Waals surface area (Å²) < 4.78 is 10.7. The highest BCUT2D eigenvalue weighted by atomic mass is 79.9. The Kier molecular flexibility index (Phi) is 5.44. The van der Waals surface area contributed by atoms with Crippen molar-refractivity contribution in [1.82, 2.24) is 0 Å². The molecule has 0 heterocycles. The van der Waals surface area contributed by atoms with Crippen LogP contribution in [0.3, 0.4) is 0 Å². The van der Waals surface area contributed by atoms with Gasteiger partial charge in [0.2, 0.25) is 0 Å². The molecular weight excluding hydrogens is 318 g/mol. The van der Waals surface area contributed by atoms with E-state index in [0.29, 0.717) is 21.5 Å². The van der Waals surface area contributed by atoms with Crippen LogP contribution in [0.1, 0.15) is 24.4 Å². The normalized spacial score (nSPS) is 12.0. The van der Waals surface area contributed by atoms with Crippen LogP contribution < -0.4 is 15.2 Å². The fraction of sp³-hybridized carbons (Fsp3) is 0.417. The first kappa shape index (κ1) is 15.6. The number of carbonyl (C=O) groups is 1. The first-order chi connectivity index (χ1) is 8.92. The monoisotopic (exact) mass is 333 g/mol. The van der Waals surface area contributed by atoms with E-state index in [1.54, 1.807) is 0 Å². The molecule has 0 bridgehead atoms. The molecule has 1 rings (SSSR count). The van der Waals surface area contributed by atoms with Crippen LogP contribution in [0.25, 0.3) is 0 Å². The number of rotatable bonds is 6. The van der Waals surface area contributed by atoms with E-state index in [1.165, 1.54) is 20.3 Å². The van der Waals surface area contributed by atoms with Crippen LogP contribution in [-0.4, -0.2) is 30.4 Å². The zero-order valence-electron chi connectivity index (χ0n) is 10.6. The van der Waals surface area contributed by atoms with E-state index in [4.69, 9.17) is 20.3 Å². The van der Waals surface area contributed by atoms with Gasteiger partial charge in [0.15, 0.2) is 11.5 Å². The third-order valence-corrected chi connectivity index (χ3v) is 3.45. The van der Waals surface area contributed by atoms with Crippen molar-refractivity contribution in [3.8, 4) is 17.2 Å². The zero-order valence-corrected chi connectivity index (χ0v) is 12.2. The number of halogens is 1. The molecule has 19 heavy (non-hydrogen) atoms. The van der Waals surface area contributed by atoms with Crippen molar-refractivity contribution in [3.63, 3.8) is 0 Å². The van der Waals surface area contributed by atoms with Gasteiger partial charge in [-0.3, -0.25) is 4.79 Å². The first-order valence-electron chi connectivity index (χ1n) is 5.53. The minimum Gasteiger partial charge on any atom is -0.507 e. The lowest BCUT2D eigenvalue weighted by Crippen LogP contribution is -2.13. The van der Waals surface area contributed by atoms with Gasteiger partial charge >= 0.3 is 5.97 Å². The lowest BCUT2D eigenvalue weighted by atomic mass is 10.0. The largest absolute Gasteiger partial charge is 0.507 e. The van der Waals surface area contributed by atoms with Crippen molar-refractivity contribution in [2.45, 2.75) is 18.9 Å². The van der Waals surface area contributed by atoms with Gasteiger partial charge in [-0.1, -0.05) is 0 Å². The van der Waals surface area contributed by atoms with E-state index in [-0.39, 0.29) is 18.6 Å². The summed E-state index contributed by atoms with van der Waals surface area (Å²) in [7, 11) is 2.92. The number of aliphatic carboxylic acids is 1. The highest BCUT2D eigenvalue weighted by Crippen LogP contribution is 2.45. The van der Waals surface area contributed by atoms with E-state index < -0.39 is 12.0 Å². The van der Waals surface area contributed by atoms with Gasteiger partial charge in [-0.25, -0.2) is 0 Å². The van der Waals surface area contributed by atoms with Crippen LogP contribution in [-0.2, 0) is 4.79 Å². The predicted molar refractivity (Wildman–Crippen MR) is 72.7 cm³/mol. The van der Waals surface area contributed by atoms with Gasteiger partial charge in [-0.05, 0) is 22.4 Å². The summed E-state index contributed by atoms with van der Waals surface area (Å²) in [4.78, 5) is 10.6. The Balaban J connectivity index is 3.16. The number of aromatic hydroxyl groups is 1. The summed E-state index contributed by atoms with van der Waals surface area (Å²) in [5, 5.41) is 18.6. The molecule has 4 N–H and O–H groups in total. The highest BCUT2D eigenvalue weighted by Gasteiger charge is 2.22. The Morgan fingerprint density at radius 3 is 2.58 bits per heavy atom. The standard InChI is InChI=1S/C12H16BrNO5/c1-18-8-5-7(15)10(11(13)12(8)19-2)6(14)3-4-9(16)17/h5-6,15H,3-4,14H2,1-2H3,(H,16,17). The molecule has 0 amide bonds. The summed E-state index contributed by atoms with van der Waals surface area (Å²) >= 11 is 3.30. The smallest absolute Gasteiger partial charge is 0.303 e. The van der Waals surface area contributed by atoms with Gasteiger partial charge < -0.3 is 25.4 Å². The minimum absolute atomic E-state index is 0.0672. The Bertz CT molecular complexity index is 478. The molecule has 106 valence electrons. The molecular formula is C12H16BrNO5. The zero-order chi connectivity index (χ0) is 14.6. The summed E-state index contributed by atoms with van der Waals surface area (Å²) in [6.45, 7) is 0. The second-order valence-electron chi connectivity index (χ2n) is 3.90. The molecule has 0 aliphatic carbocycles. The van der Waals surface area contributed by atoms with Crippen molar-refractivity contribution in [1.29, 1.82) is 0 Å². The minimum atomic E-state index is -0.938. The van der Waals surface area contributed by atoms with Crippen molar-refractivity contribution >= 4 is 21.9 Å². The fourth-order valence-corrected chi connectivity index (χ4v) is 2.58. The quantitative estimate of drug-likeness (QED) is 0.736. The number of hydrogen-bond donors (Lipinski definition) is 3. The average molecular weight is 334 g/mol. The fourth-order valence-electron chi connectivity index (χ4n) is 1.73. The van der Waals surface area contributed by atoms with Crippen molar-refractivity contribution < 1.29 is 24.5 Å². The third kappa shape index (κ3) is 3.51. The van der Waals surface area contributed by atoms with Crippen LogP contribution in [0.2, 0.25) is 0 Å². The van der Waals surface area contributed by atoms with Gasteiger partial charge in [-0.15, -0.1) is 0 Å². The van der Waals surface area contributed by atoms with Gasteiger partial charge in [0, 0.05) is 24.1 Å². The SMILES string of the molecule is COc1cc(O)c(C(N)CCC(=O)O)c(Br)c1OC. The Labute approximate surface area is 119 Å². The topological polar surface area (TPSA) is 102 Å². The number of hydrogen-bond acceptors (Lipinski definition) is 5. The maximum absolute atomic E-state index is 10.6. The van der Waals surface area contributed by atoms with Crippen LogP contribution in [0.15, 0.2) is 10.5 Å². The van der Waals surface area contributed by atoms with E-state index in [0.717, 1.165) is 0 Å². The lowest BCUT2D eigenvalue weighted by Gasteiger charge is -2.19. The molecule has 6 nitrogen and oxygen atoms in total. The number of phenolic OH excluding ortho intramolecular Hbond substituents is 1. The Hall–Kier alpha value is -1.47. The molecule has 0 spiro atoms. The van der Waals surface area contributed by atoms with Crippen LogP contribution >= 0.6 is 15.9 Å². The van der Waals surface area contributed by atoms with Gasteiger partial charge in [0.25, 0.3) is 0 Å². The summed E-state index contributed by atoms with van der Waals surface area (Å²) in [5.41, 5.74) is 6.31. The van der Waals surface area contributed by atoms with Gasteiger partial charge in [0.1, 0.15) is 5.75 Å². The maximum atomic E-state index is 10.6. The maximum Gasteiger partial charge on any atom is 0.303 e. The molecule has 0 aliphatic rings.